The van der Waals surface area contributed by atoms with Gasteiger partial charge in [0.1, 0.15) is 22.5 Å². The van der Waals surface area contributed by atoms with Crippen LogP contribution in [0.25, 0.3) is 11.3 Å². The van der Waals surface area contributed by atoms with Crippen molar-refractivity contribution in [2.24, 2.45) is 11.8 Å². The molecule has 1 aromatic carbocycles. The summed E-state index contributed by atoms with van der Waals surface area (Å²) in [6.45, 7) is 0. The molecule has 26 heavy (non-hydrogen) atoms. The first-order valence-electron chi connectivity index (χ1n) is 8.18. The fourth-order valence-electron chi connectivity index (χ4n) is 3.09. The molecule has 1 fully saturated rings. The van der Waals surface area contributed by atoms with Gasteiger partial charge >= 0.3 is 5.97 Å². The van der Waals surface area contributed by atoms with Crippen LogP contribution in [0.1, 0.15) is 30.6 Å². The van der Waals surface area contributed by atoms with Crippen molar-refractivity contribution >= 4 is 28.3 Å². The fourth-order valence-corrected chi connectivity index (χ4v) is 3.88. The third-order valence-electron chi connectivity index (χ3n) is 4.50. The number of nitrogens with zero attached hydrogens (tertiary/aromatic N) is 2. The highest BCUT2D eigenvalue weighted by atomic mass is 32.1. The predicted molar refractivity (Wildman–Crippen MR) is 93.9 cm³/mol. The lowest BCUT2D eigenvalue weighted by molar-refractivity contribution is -0.143. The van der Waals surface area contributed by atoms with Crippen molar-refractivity contribution in [3.63, 3.8) is 0 Å². The monoisotopic (exact) mass is 373 g/mol. The van der Waals surface area contributed by atoms with Gasteiger partial charge in [-0.25, -0.2) is 9.37 Å². The zero-order chi connectivity index (χ0) is 18.7. The van der Waals surface area contributed by atoms with E-state index < -0.39 is 11.8 Å². The number of carboxylic acid groups (broad SMARTS) is 1. The molecule has 8 heteroatoms. The SMILES string of the molecule is N#Cc1sc(NC(=O)[C@H]2CC[C@H](C(=O)O)CC2)nc1-c1cccc(F)c1. The number of benzene rings is 1. The van der Waals surface area contributed by atoms with Gasteiger partial charge in [-0.05, 0) is 37.8 Å². The van der Waals surface area contributed by atoms with E-state index in [1.54, 1.807) is 6.07 Å². The minimum Gasteiger partial charge on any atom is -0.481 e. The third kappa shape index (κ3) is 3.89. The standard InChI is InChI=1S/C18H16FN3O3S/c19-13-3-1-2-12(8-13)15-14(9-20)26-18(21-15)22-16(23)10-4-6-11(7-5-10)17(24)25/h1-3,8,10-11H,4-7H2,(H,24,25)(H,21,22,23)/t10-,11-. The Morgan fingerprint density at radius 2 is 1.96 bits per heavy atom. The summed E-state index contributed by atoms with van der Waals surface area (Å²) < 4.78 is 13.4. The minimum atomic E-state index is -0.817. The van der Waals surface area contributed by atoms with Crippen molar-refractivity contribution in [3.8, 4) is 17.3 Å². The average Bonchev–Trinajstić information content (AvgIpc) is 3.04. The normalized spacial score (nSPS) is 19.5. The van der Waals surface area contributed by atoms with Crippen LogP contribution >= 0.6 is 11.3 Å². The number of anilines is 1. The maximum Gasteiger partial charge on any atom is 0.306 e. The Hall–Kier alpha value is -2.79. The number of halogens is 1. The van der Waals surface area contributed by atoms with Crippen molar-refractivity contribution in [2.45, 2.75) is 25.7 Å². The molecule has 6 nitrogen and oxygen atoms in total. The molecule has 1 amide bonds. The summed E-state index contributed by atoms with van der Waals surface area (Å²) in [5.41, 5.74) is 0.808. The number of nitriles is 1. The molecule has 1 aromatic heterocycles. The van der Waals surface area contributed by atoms with Crippen LogP contribution in [-0.2, 0) is 9.59 Å². The van der Waals surface area contributed by atoms with E-state index in [9.17, 15) is 19.2 Å². The molecular weight excluding hydrogens is 357 g/mol. The molecule has 1 aliphatic rings. The number of hydrogen-bond donors (Lipinski definition) is 2. The van der Waals surface area contributed by atoms with Gasteiger partial charge in [-0.1, -0.05) is 23.5 Å². The lowest BCUT2D eigenvalue weighted by Gasteiger charge is -2.24. The first kappa shape index (κ1) is 18.0. The Labute approximate surface area is 153 Å². The van der Waals surface area contributed by atoms with Crippen LogP contribution in [0.2, 0.25) is 0 Å². The van der Waals surface area contributed by atoms with Crippen LogP contribution < -0.4 is 5.32 Å². The smallest absolute Gasteiger partial charge is 0.306 e. The van der Waals surface area contributed by atoms with Gasteiger partial charge in [0, 0.05) is 11.5 Å². The minimum absolute atomic E-state index is 0.224. The summed E-state index contributed by atoms with van der Waals surface area (Å²) in [4.78, 5) is 28.0. The molecule has 0 atom stereocenters. The number of amides is 1. The van der Waals surface area contributed by atoms with E-state index in [-0.39, 0.29) is 22.9 Å². The second kappa shape index (κ2) is 7.62. The Morgan fingerprint density at radius 3 is 2.58 bits per heavy atom. The number of aliphatic carboxylic acids is 1. The molecule has 0 bridgehead atoms. The van der Waals surface area contributed by atoms with Crippen LogP contribution in [0.15, 0.2) is 24.3 Å². The molecule has 3 rings (SSSR count). The summed E-state index contributed by atoms with van der Waals surface area (Å²) in [6, 6.07) is 7.79. The fraction of sp³-hybridized carbons (Fsp3) is 0.333. The highest BCUT2D eigenvalue weighted by molar-refractivity contribution is 7.16. The first-order chi connectivity index (χ1) is 12.5. The molecule has 1 heterocycles. The summed E-state index contributed by atoms with van der Waals surface area (Å²) in [6.07, 6.45) is 1.97. The Morgan fingerprint density at radius 1 is 1.27 bits per heavy atom. The second-order valence-corrected chi connectivity index (χ2v) is 7.19. The molecule has 2 N–H and O–H groups in total. The molecule has 1 aliphatic carbocycles. The highest BCUT2D eigenvalue weighted by Gasteiger charge is 2.30. The molecule has 2 aromatic rings. The molecule has 0 unspecified atom stereocenters. The van der Waals surface area contributed by atoms with Crippen LogP contribution in [-0.4, -0.2) is 22.0 Å². The summed E-state index contributed by atoms with van der Waals surface area (Å²) >= 11 is 1.04. The van der Waals surface area contributed by atoms with Crippen molar-refractivity contribution < 1.29 is 19.1 Å². The molecule has 0 aliphatic heterocycles. The largest absolute Gasteiger partial charge is 0.481 e. The highest BCUT2D eigenvalue weighted by Crippen LogP contribution is 2.33. The van der Waals surface area contributed by atoms with Crippen LogP contribution in [0.3, 0.4) is 0 Å². The lowest BCUT2D eigenvalue weighted by atomic mass is 9.81. The van der Waals surface area contributed by atoms with Gasteiger partial charge in [-0.15, -0.1) is 0 Å². The van der Waals surface area contributed by atoms with E-state index in [4.69, 9.17) is 5.11 Å². The first-order valence-corrected chi connectivity index (χ1v) is 9.00. The number of carboxylic acids is 1. The van der Waals surface area contributed by atoms with Crippen molar-refractivity contribution in [1.82, 2.24) is 4.98 Å². The van der Waals surface area contributed by atoms with Gasteiger partial charge in [0.15, 0.2) is 5.13 Å². The van der Waals surface area contributed by atoms with Gasteiger partial charge in [-0.3, -0.25) is 9.59 Å². The zero-order valence-corrected chi connectivity index (χ0v) is 14.6. The summed E-state index contributed by atoms with van der Waals surface area (Å²) in [5.74, 6) is -2.12. The van der Waals surface area contributed by atoms with Crippen molar-refractivity contribution in [1.29, 1.82) is 5.26 Å². The Balaban J connectivity index is 1.72. The van der Waals surface area contributed by atoms with Gasteiger partial charge < -0.3 is 10.4 Å². The quantitative estimate of drug-likeness (QED) is 0.851. The Bertz CT molecular complexity index is 882. The summed E-state index contributed by atoms with van der Waals surface area (Å²) in [7, 11) is 0. The van der Waals surface area contributed by atoms with Gasteiger partial charge in [-0.2, -0.15) is 5.26 Å². The van der Waals surface area contributed by atoms with Crippen molar-refractivity contribution in [2.75, 3.05) is 5.32 Å². The summed E-state index contributed by atoms with van der Waals surface area (Å²) in [5, 5.41) is 21.3. The number of rotatable bonds is 4. The van der Waals surface area contributed by atoms with E-state index >= 15 is 0 Å². The number of nitrogens with one attached hydrogen (secondary N) is 1. The molecule has 0 radical (unpaired) electrons. The van der Waals surface area contributed by atoms with Crippen LogP contribution in [0.4, 0.5) is 9.52 Å². The third-order valence-corrected chi connectivity index (χ3v) is 5.38. The average molecular weight is 373 g/mol. The second-order valence-electron chi connectivity index (χ2n) is 6.19. The maximum atomic E-state index is 13.4. The maximum absolute atomic E-state index is 13.4. The van der Waals surface area contributed by atoms with E-state index in [0.29, 0.717) is 41.8 Å². The van der Waals surface area contributed by atoms with Gasteiger partial charge in [0.05, 0.1) is 5.92 Å². The molecule has 1 saturated carbocycles. The molecular formula is C18H16FN3O3S. The van der Waals surface area contributed by atoms with E-state index in [1.807, 2.05) is 6.07 Å². The molecule has 134 valence electrons. The van der Waals surface area contributed by atoms with E-state index in [0.717, 1.165) is 11.3 Å². The number of aromatic nitrogens is 1. The van der Waals surface area contributed by atoms with E-state index in [2.05, 4.69) is 10.3 Å². The van der Waals surface area contributed by atoms with Gasteiger partial charge in [0.2, 0.25) is 5.91 Å². The van der Waals surface area contributed by atoms with Crippen molar-refractivity contribution in [3.05, 3.63) is 35.0 Å². The zero-order valence-electron chi connectivity index (χ0n) is 13.7. The number of hydrogen-bond acceptors (Lipinski definition) is 5. The van der Waals surface area contributed by atoms with E-state index in [1.165, 1.54) is 18.2 Å². The predicted octanol–water partition coefficient (Wildman–Crippen LogP) is 3.65. The molecule has 0 saturated heterocycles. The van der Waals surface area contributed by atoms with Crippen LogP contribution in [0, 0.1) is 29.0 Å². The number of thiazole rings is 1. The topological polar surface area (TPSA) is 103 Å². The molecule has 0 spiro atoms. The van der Waals surface area contributed by atoms with Crippen LogP contribution in [0.5, 0.6) is 0 Å². The number of carbonyl (C=O) groups is 2. The lowest BCUT2D eigenvalue weighted by Crippen LogP contribution is -2.29. The van der Waals surface area contributed by atoms with Gasteiger partial charge in [0.25, 0.3) is 0 Å². The Kier molecular flexibility index (Phi) is 5.28. The number of carbonyl (C=O) groups excluding carboxylic acids is 1.